The van der Waals surface area contributed by atoms with Crippen molar-refractivity contribution in [2.75, 3.05) is 19.0 Å². The number of nitrogens with two attached hydrogens (primary N) is 1. The maximum atomic E-state index is 11.6. The van der Waals surface area contributed by atoms with Crippen molar-refractivity contribution in [1.29, 1.82) is 0 Å². The molecule has 0 heterocycles. The number of hydrazine groups is 1. The van der Waals surface area contributed by atoms with Crippen LogP contribution in [0.4, 0.5) is 5.69 Å². The Morgan fingerprint density at radius 1 is 1.24 bits per heavy atom. The molecule has 92 valence electrons. The number of hydrogen-bond donors (Lipinski definition) is 4. The van der Waals surface area contributed by atoms with Crippen molar-refractivity contribution in [2.24, 2.45) is 5.84 Å². The SMILES string of the molecule is CNC(=O)CCNC(=O)c1ccc(NN)cc1. The molecule has 1 aromatic carbocycles. The van der Waals surface area contributed by atoms with E-state index in [0.717, 1.165) is 5.69 Å². The first-order valence-corrected chi connectivity index (χ1v) is 5.23. The topological polar surface area (TPSA) is 96.2 Å². The fourth-order valence-corrected chi connectivity index (χ4v) is 1.23. The Bertz CT molecular complexity index is 389. The van der Waals surface area contributed by atoms with Crippen molar-refractivity contribution in [3.63, 3.8) is 0 Å². The predicted octanol–water partition coefficient (Wildman–Crippen LogP) is -0.162. The molecule has 6 heteroatoms. The van der Waals surface area contributed by atoms with Crippen LogP contribution in [0.25, 0.3) is 0 Å². The standard InChI is InChI=1S/C11H16N4O2/c1-13-10(16)6-7-14-11(17)8-2-4-9(15-12)5-3-8/h2-5,15H,6-7,12H2,1H3,(H,13,16)(H,14,17). The fourth-order valence-electron chi connectivity index (χ4n) is 1.23. The number of anilines is 1. The molecule has 0 aromatic heterocycles. The van der Waals surface area contributed by atoms with Crippen molar-refractivity contribution in [1.82, 2.24) is 10.6 Å². The lowest BCUT2D eigenvalue weighted by atomic mass is 10.2. The first-order chi connectivity index (χ1) is 8.17. The van der Waals surface area contributed by atoms with Gasteiger partial charge in [-0.1, -0.05) is 0 Å². The molecular formula is C11H16N4O2. The summed E-state index contributed by atoms with van der Waals surface area (Å²) in [6.07, 6.45) is 0.269. The van der Waals surface area contributed by atoms with E-state index in [1.54, 1.807) is 31.3 Å². The van der Waals surface area contributed by atoms with Crippen LogP contribution in [0, 0.1) is 0 Å². The maximum Gasteiger partial charge on any atom is 0.251 e. The van der Waals surface area contributed by atoms with Crippen LogP contribution in [0.3, 0.4) is 0 Å². The van der Waals surface area contributed by atoms with Crippen LogP contribution in [0.2, 0.25) is 0 Å². The van der Waals surface area contributed by atoms with Gasteiger partial charge in [0.15, 0.2) is 0 Å². The van der Waals surface area contributed by atoms with Crippen molar-refractivity contribution in [3.8, 4) is 0 Å². The summed E-state index contributed by atoms with van der Waals surface area (Å²) in [7, 11) is 1.56. The van der Waals surface area contributed by atoms with E-state index in [-0.39, 0.29) is 18.2 Å². The molecule has 0 saturated carbocycles. The summed E-state index contributed by atoms with van der Waals surface area (Å²) in [5.41, 5.74) is 3.73. The molecular weight excluding hydrogens is 220 g/mol. The highest BCUT2D eigenvalue weighted by Gasteiger charge is 2.05. The van der Waals surface area contributed by atoms with Gasteiger partial charge in [0.05, 0.1) is 0 Å². The summed E-state index contributed by atoms with van der Waals surface area (Å²) >= 11 is 0. The summed E-state index contributed by atoms with van der Waals surface area (Å²) in [6, 6.07) is 6.72. The Hall–Kier alpha value is -2.08. The normalized spacial score (nSPS) is 9.53. The van der Waals surface area contributed by atoms with Crippen LogP contribution in [0.15, 0.2) is 24.3 Å². The summed E-state index contributed by atoms with van der Waals surface area (Å²) in [5.74, 6) is 4.90. The van der Waals surface area contributed by atoms with Crippen molar-refractivity contribution < 1.29 is 9.59 Å². The quantitative estimate of drug-likeness (QED) is 0.422. The van der Waals surface area contributed by atoms with Gasteiger partial charge in [-0.25, -0.2) is 0 Å². The molecule has 0 bridgehead atoms. The second-order valence-corrected chi connectivity index (χ2v) is 3.40. The Kier molecular flexibility index (Phi) is 4.96. The van der Waals surface area contributed by atoms with E-state index < -0.39 is 0 Å². The smallest absolute Gasteiger partial charge is 0.251 e. The van der Waals surface area contributed by atoms with Gasteiger partial charge in [0.25, 0.3) is 5.91 Å². The van der Waals surface area contributed by atoms with Gasteiger partial charge >= 0.3 is 0 Å². The maximum absolute atomic E-state index is 11.6. The van der Waals surface area contributed by atoms with E-state index in [9.17, 15) is 9.59 Å². The monoisotopic (exact) mass is 236 g/mol. The second-order valence-electron chi connectivity index (χ2n) is 3.40. The molecule has 0 radical (unpaired) electrons. The van der Waals surface area contributed by atoms with Crippen molar-refractivity contribution in [3.05, 3.63) is 29.8 Å². The summed E-state index contributed by atoms with van der Waals surface area (Å²) in [5, 5.41) is 5.13. The number of rotatable bonds is 5. The lowest BCUT2D eigenvalue weighted by Gasteiger charge is -2.05. The zero-order valence-corrected chi connectivity index (χ0v) is 9.62. The summed E-state index contributed by atoms with van der Waals surface area (Å²) in [4.78, 5) is 22.5. The average molecular weight is 236 g/mol. The van der Waals surface area contributed by atoms with Crippen LogP contribution in [0.5, 0.6) is 0 Å². The minimum absolute atomic E-state index is 0.104. The molecule has 1 aromatic rings. The van der Waals surface area contributed by atoms with Crippen LogP contribution >= 0.6 is 0 Å². The Labute approximate surface area is 99.5 Å². The van der Waals surface area contributed by atoms with E-state index in [1.807, 2.05) is 0 Å². The van der Waals surface area contributed by atoms with E-state index in [2.05, 4.69) is 16.1 Å². The number of amides is 2. The molecule has 0 atom stereocenters. The van der Waals surface area contributed by atoms with Crippen molar-refractivity contribution in [2.45, 2.75) is 6.42 Å². The molecule has 0 unspecified atom stereocenters. The third kappa shape index (κ3) is 4.12. The lowest BCUT2D eigenvalue weighted by molar-refractivity contribution is -0.120. The van der Waals surface area contributed by atoms with Gasteiger partial charge in [0.2, 0.25) is 5.91 Å². The molecule has 6 nitrogen and oxygen atoms in total. The molecule has 0 spiro atoms. The van der Waals surface area contributed by atoms with Crippen LogP contribution in [-0.4, -0.2) is 25.4 Å². The van der Waals surface area contributed by atoms with E-state index in [4.69, 9.17) is 5.84 Å². The largest absolute Gasteiger partial charge is 0.359 e. The van der Waals surface area contributed by atoms with Gasteiger partial charge in [-0.05, 0) is 24.3 Å². The fraction of sp³-hybridized carbons (Fsp3) is 0.273. The van der Waals surface area contributed by atoms with Crippen molar-refractivity contribution >= 4 is 17.5 Å². The minimum Gasteiger partial charge on any atom is -0.359 e. The first-order valence-electron chi connectivity index (χ1n) is 5.23. The van der Waals surface area contributed by atoms with E-state index in [0.29, 0.717) is 12.1 Å². The molecule has 5 N–H and O–H groups in total. The first kappa shape index (κ1) is 13.0. The average Bonchev–Trinajstić information content (AvgIpc) is 2.38. The van der Waals surface area contributed by atoms with Crippen LogP contribution in [0.1, 0.15) is 16.8 Å². The summed E-state index contributed by atoms with van der Waals surface area (Å²) < 4.78 is 0. The predicted molar refractivity (Wildman–Crippen MR) is 65.3 cm³/mol. The molecule has 17 heavy (non-hydrogen) atoms. The molecule has 0 aliphatic carbocycles. The molecule has 0 aliphatic rings. The van der Waals surface area contributed by atoms with Crippen LogP contribution < -0.4 is 21.9 Å². The molecule has 1 rings (SSSR count). The molecule has 0 aliphatic heterocycles. The number of carbonyl (C=O) groups is 2. The van der Waals surface area contributed by atoms with Gasteiger partial charge in [-0.2, -0.15) is 0 Å². The van der Waals surface area contributed by atoms with Crippen LogP contribution in [-0.2, 0) is 4.79 Å². The number of benzene rings is 1. The zero-order chi connectivity index (χ0) is 12.7. The highest BCUT2D eigenvalue weighted by Crippen LogP contribution is 2.07. The minimum atomic E-state index is -0.211. The summed E-state index contributed by atoms with van der Waals surface area (Å²) in [6.45, 7) is 0.315. The highest BCUT2D eigenvalue weighted by atomic mass is 16.2. The Morgan fingerprint density at radius 3 is 2.41 bits per heavy atom. The third-order valence-corrected chi connectivity index (χ3v) is 2.23. The van der Waals surface area contributed by atoms with E-state index >= 15 is 0 Å². The number of nitrogen functional groups attached to an aromatic ring is 1. The van der Waals surface area contributed by atoms with Gasteiger partial charge in [0, 0.05) is 31.3 Å². The number of nitrogens with one attached hydrogen (secondary N) is 3. The van der Waals surface area contributed by atoms with Gasteiger partial charge in [-0.15, -0.1) is 0 Å². The lowest BCUT2D eigenvalue weighted by Crippen LogP contribution is -2.29. The molecule has 0 fully saturated rings. The second kappa shape index (κ2) is 6.49. The van der Waals surface area contributed by atoms with Gasteiger partial charge < -0.3 is 16.1 Å². The third-order valence-electron chi connectivity index (χ3n) is 2.23. The van der Waals surface area contributed by atoms with E-state index in [1.165, 1.54) is 0 Å². The Balaban J connectivity index is 2.44. The van der Waals surface area contributed by atoms with Gasteiger partial charge in [0.1, 0.15) is 0 Å². The molecule has 0 saturated heterocycles. The Morgan fingerprint density at radius 2 is 1.88 bits per heavy atom. The number of carbonyl (C=O) groups excluding carboxylic acids is 2. The van der Waals surface area contributed by atoms with Gasteiger partial charge in [-0.3, -0.25) is 15.4 Å². The highest BCUT2D eigenvalue weighted by molar-refractivity contribution is 5.94. The zero-order valence-electron chi connectivity index (χ0n) is 9.62. The molecule has 2 amide bonds. The number of hydrogen-bond acceptors (Lipinski definition) is 4.